The van der Waals surface area contributed by atoms with Crippen LogP contribution in [-0.2, 0) is 20.7 Å². The molecule has 1 aromatic carbocycles. The molecule has 1 aliphatic heterocycles. The van der Waals surface area contributed by atoms with Crippen molar-refractivity contribution >= 4 is 11.9 Å². The molecule has 1 heterocycles. The van der Waals surface area contributed by atoms with Gasteiger partial charge in [-0.15, -0.1) is 0 Å². The highest BCUT2D eigenvalue weighted by atomic mass is 16.5. The van der Waals surface area contributed by atoms with E-state index in [1.54, 1.807) is 0 Å². The fraction of sp³-hybridized carbons (Fsp3) is 0.579. The quantitative estimate of drug-likeness (QED) is 0.715. The molecule has 2 atom stereocenters. The van der Waals surface area contributed by atoms with E-state index in [1.807, 2.05) is 24.3 Å². The molecule has 1 fully saturated rings. The summed E-state index contributed by atoms with van der Waals surface area (Å²) < 4.78 is 10.9. The molecule has 25 heavy (non-hydrogen) atoms. The van der Waals surface area contributed by atoms with E-state index in [2.05, 4.69) is 12.2 Å². The van der Waals surface area contributed by atoms with Crippen molar-refractivity contribution in [3.05, 3.63) is 29.8 Å². The lowest BCUT2D eigenvalue weighted by molar-refractivity contribution is -0.145. The zero-order valence-electron chi connectivity index (χ0n) is 14.7. The summed E-state index contributed by atoms with van der Waals surface area (Å²) in [5.41, 5.74) is 1.02. The molecule has 6 nitrogen and oxygen atoms in total. The van der Waals surface area contributed by atoms with Gasteiger partial charge >= 0.3 is 5.97 Å². The number of aliphatic carboxylic acids is 1. The van der Waals surface area contributed by atoms with E-state index in [4.69, 9.17) is 9.47 Å². The van der Waals surface area contributed by atoms with Gasteiger partial charge in [0.1, 0.15) is 11.8 Å². The smallest absolute Gasteiger partial charge is 0.326 e. The Morgan fingerprint density at radius 3 is 2.72 bits per heavy atom. The van der Waals surface area contributed by atoms with Crippen molar-refractivity contribution in [3.63, 3.8) is 0 Å². The average molecular weight is 349 g/mol. The van der Waals surface area contributed by atoms with Crippen molar-refractivity contribution in [3.8, 4) is 5.75 Å². The van der Waals surface area contributed by atoms with Gasteiger partial charge in [-0.1, -0.05) is 19.1 Å². The molecule has 0 aromatic heterocycles. The van der Waals surface area contributed by atoms with Gasteiger partial charge in [-0.05, 0) is 43.4 Å². The van der Waals surface area contributed by atoms with E-state index in [-0.39, 0.29) is 18.2 Å². The van der Waals surface area contributed by atoms with Crippen molar-refractivity contribution in [2.24, 2.45) is 5.92 Å². The van der Waals surface area contributed by atoms with Crippen molar-refractivity contribution < 1.29 is 24.2 Å². The molecule has 0 radical (unpaired) electrons. The summed E-state index contributed by atoms with van der Waals surface area (Å²) in [4.78, 5) is 23.6. The number of rotatable bonds is 9. The van der Waals surface area contributed by atoms with E-state index >= 15 is 0 Å². The Hall–Kier alpha value is -2.08. The van der Waals surface area contributed by atoms with Gasteiger partial charge in [0.25, 0.3) is 0 Å². The highest BCUT2D eigenvalue weighted by Gasteiger charge is 2.31. The Bertz CT molecular complexity index is 551. The van der Waals surface area contributed by atoms with Crippen molar-refractivity contribution in [1.82, 2.24) is 5.32 Å². The molecule has 1 aromatic rings. The van der Waals surface area contributed by atoms with E-state index in [0.29, 0.717) is 26.2 Å². The van der Waals surface area contributed by atoms with Crippen LogP contribution in [0, 0.1) is 5.92 Å². The van der Waals surface area contributed by atoms with Gasteiger partial charge in [-0.2, -0.15) is 0 Å². The minimum atomic E-state index is -0.999. The van der Waals surface area contributed by atoms with E-state index in [9.17, 15) is 14.7 Å². The van der Waals surface area contributed by atoms with Gasteiger partial charge < -0.3 is 19.9 Å². The molecule has 138 valence electrons. The van der Waals surface area contributed by atoms with Gasteiger partial charge in [0, 0.05) is 18.9 Å². The second-order valence-electron chi connectivity index (χ2n) is 6.35. The van der Waals surface area contributed by atoms with Crippen LogP contribution in [0.25, 0.3) is 0 Å². The highest BCUT2D eigenvalue weighted by Crippen LogP contribution is 2.18. The largest absolute Gasteiger partial charge is 0.494 e. The average Bonchev–Trinajstić information content (AvgIpc) is 2.64. The Morgan fingerprint density at radius 2 is 2.12 bits per heavy atom. The zero-order chi connectivity index (χ0) is 18.1. The van der Waals surface area contributed by atoms with Crippen LogP contribution in [0.15, 0.2) is 24.3 Å². The molecule has 2 N–H and O–H groups in total. The van der Waals surface area contributed by atoms with E-state index in [1.165, 1.54) is 0 Å². The fourth-order valence-electron chi connectivity index (χ4n) is 2.89. The van der Waals surface area contributed by atoms with Crippen molar-refractivity contribution in [2.45, 2.75) is 45.1 Å². The highest BCUT2D eigenvalue weighted by molar-refractivity contribution is 5.83. The molecule has 1 aliphatic rings. The summed E-state index contributed by atoms with van der Waals surface area (Å²) in [6.45, 7) is 3.78. The predicted octanol–water partition coefficient (Wildman–Crippen LogP) is 2.40. The first kappa shape index (κ1) is 19.2. The van der Waals surface area contributed by atoms with Crippen LogP contribution in [-0.4, -0.2) is 42.8 Å². The molecule has 1 saturated heterocycles. The normalized spacial score (nSPS) is 18.4. The third kappa shape index (κ3) is 6.38. The molecule has 1 amide bonds. The SMILES string of the molecule is CCCOc1ccc(CCC(=O)NC(C(=O)O)C2CCCOC2)cc1. The predicted molar refractivity (Wildman–Crippen MR) is 93.7 cm³/mol. The zero-order valence-corrected chi connectivity index (χ0v) is 14.7. The molecule has 2 unspecified atom stereocenters. The number of carboxylic acid groups (broad SMARTS) is 1. The summed E-state index contributed by atoms with van der Waals surface area (Å²) in [5.74, 6) is -0.589. The van der Waals surface area contributed by atoms with Crippen LogP contribution in [0.1, 0.15) is 38.2 Å². The van der Waals surface area contributed by atoms with Gasteiger partial charge in [0.2, 0.25) is 5.91 Å². The van der Waals surface area contributed by atoms with E-state index in [0.717, 1.165) is 30.6 Å². The number of aryl methyl sites for hydroxylation is 1. The second-order valence-corrected chi connectivity index (χ2v) is 6.35. The molecular weight excluding hydrogens is 322 g/mol. The first-order valence-corrected chi connectivity index (χ1v) is 8.91. The monoisotopic (exact) mass is 349 g/mol. The lowest BCUT2D eigenvalue weighted by Gasteiger charge is -2.28. The maximum Gasteiger partial charge on any atom is 0.326 e. The van der Waals surface area contributed by atoms with Crippen LogP contribution in [0.5, 0.6) is 5.75 Å². The first-order valence-electron chi connectivity index (χ1n) is 8.91. The molecule has 0 saturated carbocycles. The number of carbonyl (C=O) groups excluding carboxylic acids is 1. The fourth-order valence-corrected chi connectivity index (χ4v) is 2.89. The molecule has 0 aliphatic carbocycles. The van der Waals surface area contributed by atoms with Crippen molar-refractivity contribution in [1.29, 1.82) is 0 Å². The van der Waals surface area contributed by atoms with Crippen LogP contribution in [0.3, 0.4) is 0 Å². The number of hydrogen-bond acceptors (Lipinski definition) is 4. The van der Waals surface area contributed by atoms with Crippen LogP contribution in [0.4, 0.5) is 0 Å². The Labute approximate surface area is 148 Å². The molecular formula is C19H27NO5. The summed E-state index contributed by atoms with van der Waals surface area (Å²) >= 11 is 0. The number of ether oxygens (including phenoxy) is 2. The second kappa shape index (κ2) is 10.0. The van der Waals surface area contributed by atoms with Gasteiger partial charge in [-0.3, -0.25) is 4.79 Å². The van der Waals surface area contributed by atoms with Crippen LogP contribution >= 0.6 is 0 Å². The lowest BCUT2D eigenvalue weighted by atomic mass is 9.93. The molecule has 6 heteroatoms. The van der Waals surface area contributed by atoms with E-state index < -0.39 is 12.0 Å². The standard InChI is InChI=1S/C19H27NO5/c1-2-11-25-16-8-5-14(6-9-16)7-10-17(21)20-18(19(22)23)15-4-3-12-24-13-15/h5-6,8-9,15,18H,2-4,7,10-13H2,1H3,(H,20,21)(H,22,23). The topological polar surface area (TPSA) is 84.9 Å². The summed E-state index contributed by atoms with van der Waals surface area (Å²) in [7, 11) is 0. The number of benzene rings is 1. The van der Waals surface area contributed by atoms with Crippen LogP contribution in [0.2, 0.25) is 0 Å². The maximum absolute atomic E-state index is 12.1. The van der Waals surface area contributed by atoms with Gasteiger partial charge in [-0.25, -0.2) is 4.79 Å². The Balaban J connectivity index is 1.81. The summed E-state index contributed by atoms with van der Waals surface area (Å²) in [5, 5.41) is 12.0. The van der Waals surface area contributed by atoms with Crippen molar-refractivity contribution in [2.75, 3.05) is 19.8 Å². The molecule has 0 spiro atoms. The number of nitrogens with one attached hydrogen (secondary N) is 1. The Morgan fingerprint density at radius 1 is 1.36 bits per heavy atom. The first-order chi connectivity index (χ1) is 12.1. The summed E-state index contributed by atoms with van der Waals surface area (Å²) in [6, 6.07) is 6.77. The third-order valence-corrected chi connectivity index (χ3v) is 4.29. The lowest BCUT2D eigenvalue weighted by Crippen LogP contribution is -2.48. The molecule has 2 rings (SSSR count). The van der Waals surface area contributed by atoms with Gasteiger partial charge in [0.15, 0.2) is 0 Å². The maximum atomic E-state index is 12.1. The van der Waals surface area contributed by atoms with Gasteiger partial charge in [0.05, 0.1) is 13.2 Å². The minimum Gasteiger partial charge on any atom is -0.494 e. The third-order valence-electron chi connectivity index (χ3n) is 4.29. The number of carbonyl (C=O) groups is 2. The number of amides is 1. The Kier molecular flexibility index (Phi) is 7.73. The molecule has 0 bridgehead atoms. The summed E-state index contributed by atoms with van der Waals surface area (Å²) in [6.07, 6.45) is 3.37. The number of hydrogen-bond donors (Lipinski definition) is 2. The number of carboxylic acids is 1. The minimum absolute atomic E-state index is 0.162. The van der Waals surface area contributed by atoms with Crippen LogP contribution < -0.4 is 10.1 Å².